The standard InChI is InChI=1S/C18H15ClN2O2/c19-14-7-8-17-15(12-14)16(20-23)10-11-21(17)18(22)9-6-13-4-2-1-3-5-13/h1-9,12,23H,10-11H2. The molecule has 0 aromatic heterocycles. The first-order chi connectivity index (χ1) is 11.2. The summed E-state index contributed by atoms with van der Waals surface area (Å²) in [4.78, 5) is 14.2. The number of carbonyl (C=O) groups excluding carboxylic acids is 1. The minimum Gasteiger partial charge on any atom is -0.411 e. The zero-order chi connectivity index (χ0) is 16.2. The van der Waals surface area contributed by atoms with Crippen LogP contribution in [-0.4, -0.2) is 23.4 Å². The zero-order valence-electron chi connectivity index (χ0n) is 12.3. The Morgan fingerprint density at radius 2 is 2.00 bits per heavy atom. The first kappa shape index (κ1) is 15.3. The van der Waals surface area contributed by atoms with Gasteiger partial charge in [0, 0.05) is 29.6 Å². The molecule has 2 aromatic carbocycles. The molecule has 1 amide bonds. The van der Waals surface area contributed by atoms with Crippen molar-refractivity contribution in [2.75, 3.05) is 11.4 Å². The molecule has 0 bridgehead atoms. The lowest BCUT2D eigenvalue weighted by molar-refractivity contribution is -0.114. The van der Waals surface area contributed by atoms with Crippen molar-refractivity contribution in [3.05, 3.63) is 70.8 Å². The number of rotatable bonds is 2. The minimum absolute atomic E-state index is 0.116. The summed E-state index contributed by atoms with van der Waals surface area (Å²) in [6.45, 7) is 0.464. The van der Waals surface area contributed by atoms with Gasteiger partial charge in [-0.25, -0.2) is 0 Å². The van der Waals surface area contributed by atoms with Crippen LogP contribution < -0.4 is 4.90 Å². The SMILES string of the molecule is O=C(C=Cc1ccccc1)N1CCC(=NO)c2cc(Cl)ccc21. The molecule has 0 spiro atoms. The van der Waals surface area contributed by atoms with Gasteiger partial charge in [0.1, 0.15) is 0 Å². The molecule has 0 saturated heterocycles. The number of hydrogen-bond acceptors (Lipinski definition) is 3. The lowest BCUT2D eigenvalue weighted by Crippen LogP contribution is -2.36. The minimum atomic E-state index is -0.116. The highest BCUT2D eigenvalue weighted by Gasteiger charge is 2.25. The predicted molar refractivity (Wildman–Crippen MR) is 92.2 cm³/mol. The number of oxime groups is 1. The molecule has 0 fully saturated rings. The maximum Gasteiger partial charge on any atom is 0.251 e. The van der Waals surface area contributed by atoms with Gasteiger partial charge in [-0.1, -0.05) is 47.1 Å². The van der Waals surface area contributed by atoms with Crippen molar-refractivity contribution in [3.63, 3.8) is 0 Å². The van der Waals surface area contributed by atoms with Gasteiger partial charge in [-0.2, -0.15) is 0 Å². The van der Waals surface area contributed by atoms with Crippen LogP contribution in [0.15, 0.2) is 59.8 Å². The highest BCUT2D eigenvalue weighted by atomic mass is 35.5. The average molecular weight is 327 g/mol. The zero-order valence-corrected chi connectivity index (χ0v) is 13.1. The van der Waals surface area contributed by atoms with Crippen LogP contribution in [0.5, 0.6) is 0 Å². The van der Waals surface area contributed by atoms with E-state index in [0.29, 0.717) is 35.0 Å². The van der Waals surface area contributed by atoms with Crippen molar-refractivity contribution >= 4 is 35.0 Å². The molecule has 23 heavy (non-hydrogen) atoms. The molecule has 1 aliphatic heterocycles. The second kappa shape index (κ2) is 6.67. The van der Waals surface area contributed by atoms with Crippen molar-refractivity contribution in [2.45, 2.75) is 6.42 Å². The molecule has 0 unspecified atom stereocenters. The molecule has 0 atom stereocenters. The lowest BCUT2D eigenvalue weighted by Gasteiger charge is -2.29. The second-order valence-electron chi connectivity index (χ2n) is 5.19. The van der Waals surface area contributed by atoms with E-state index in [1.165, 1.54) is 0 Å². The van der Waals surface area contributed by atoms with E-state index < -0.39 is 0 Å². The fourth-order valence-corrected chi connectivity index (χ4v) is 2.77. The summed E-state index contributed by atoms with van der Waals surface area (Å²) >= 11 is 6.01. The van der Waals surface area contributed by atoms with E-state index in [4.69, 9.17) is 16.8 Å². The van der Waals surface area contributed by atoms with Crippen LogP contribution in [0.4, 0.5) is 5.69 Å². The van der Waals surface area contributed by atoms with E-state index in [9.17, 15) is 4.79 Å². The van der Waals surface area contributed by atoms with Gasteiger partial charge in [0.05, 0.1) is 11.4 Å². The number of hydrogen-bond donors (Lipinski definition) is 1. The summed E-state index contributed by atoms with van der Waals surface area (Å²) < 4.78 is 0. The fourth-order valence-electron chi connectivity index (χ4n) is 2.60. The number of fused-ring (bicyclic) bond motifs is 1. The highest BCUT2D eigenvalue weighted by Crippen LogP contribution is 2.30. The Morgan fingerprint density at radius 3 is 2.74 bits per heavy atom. The molecule has 1 aliphatic rings. The van der Waals surface area contributed by atoms with E-state index in [2.05, 4.69) is 5.16 Å². The van der Waals surface area contributed by atoms with Gasteiger partial charge >= 0.3 is 0 Å². The summed E-state index contributed by atoms with van der Waals surface area (Å²) in [5.41, 5.74) is 2.90. The van der Waals surface area contributed by atoms with E-state index in [-0.39, 0.29) is 5.91 Å². The Morgan fingerprint density at radius 1 is 1.22 bits per heavy atom. The number of benzene rings is 2. The van der Waals surface area contributed by atoms with Crippen molar-refractivity contribution in [1.82, 2.24) is 0 Å². The number of halogens is 1. The largest absolute Gasteiger partial charge is 0.411 e. The quantitative estimate of drug-likeness (QED) is 0.516. The maximum atomic E-state index is 12.5. The van der Waals surface area contributed by atoms with Crippen molar-refractivity contribution in [1.29, 1.82) is 0 Å². The van der Waals surface area contributed by atoms with E-state index >= 15 is 0 Å². The van der Waals surface area contributed by atoms with Crippen molar-refractivity contribution in [2.24, 2.45) is 5.16 Å². The van der Waals surface area contributed by atoms with Gasteiger partial charge in [-0.05, 0) is 29.8 Å². The molecular formula is C18H15ClN2O2. The number of nitrogens with zero attached hydrogens (tertiary/aromatic N) is 2. The van der Waals surface area contributed by atoms with Gasteiger partial charge in [0.25, 0.3) is 5.91 Å². The molecule has 0 saturated carbocycles. The number of carbonyl (C=O) groups is 1. The second-order valence-corrected chi connectivity index (χ2v) is 5.63. The molecule has 1 N–H and O–H groups in total. The Balaban J connectivity index is 1.89. The summed E-state index contributed by atoms with van der Waals surface area (Å²) in [6.07, 6.45) is 3.82. The van der Waals surface area contributed by atoms with E-state index in [0.717, 1.165) is 5.56 Å². The highest BCUT2D eigenvalue weighted by molar-refractivity contribution is 6.31. The van der Waals surface area contributed by atoms with Crippen molar-refractivity contribution < 1.29 is 10.0 Å². The van der Waals surface area contributed by atoms with E-state index in [1.807, 2.05) is 30.3 Å². The summed E-state index contributed by atoms with van der Waals surface area (Å²) in [5.74, 6) is -0.116. The van der Waals surface area contributed by atoms with Crippen LogP contribution in [0.2, 0.25) is 5.02 Å². The molecule has 0 radical (unpaired) electrons. The lowest BCUT2D eigenvalue weighted by atomic mass is 9.99. The smallest absolute Gasteiger partial charge is 0.251 e. The summed E-state index contributed by atoms with van der Waals surface area (Å²) in [7, 11) is 0. The van der Waals surface area contributed by atoms with Crippen LogP contribution in [-0.2, 0) is 4.79 Å². The third-order valence-electron chi connectivity index (χ3n) is 3.74. The molecular weight excluding hydrogens is 312 g/mol. The third kappa shape index (κ3) is 3.27. The van der Waals surface area contributed by atoms with Gasteiger partial charge in [0.2, 0.25) is 0 Å². The molecule has 5 heteroatoms. The maximum absolute atomic E-state index is 12.5. The summed E-state index contributed by atoms with van der Waals surface area (Å²) in [6, 6.07) is 14.9. The Kier molecular flexibility index (Phi) is 4.44. The molecule has 116 valence electrons. The fraction of sp³-hybridized carbons (Fsp3) is 0.111. The van der Waals surface area contributed by atoms with Crippen LogP contribution in [0, 0.1) is 0 Å². The van der Waals surface area contributed by atoms with Gasteiger partial charge in [-0.3, -0.25) is 4.79 Å². The van der Waals surface area contributed by atoms with Gasteiger partial charge < -0.3 is 10.1 Å². The summed E-state index contributed by atoms with van der Waals surface area (Å²) in [5, 5.41) is 13.0. The molecule has 3 rings (SSSR count). The van der Waals surface area contributed by atoms with Crippen LogP contribution >= 0.6 is 11.6 Å². The molecule has 4 nitrogen and oxygen atoms in total. The van der Waals surface area contributed by atoms with Gasteiger partial charge in [0.15, 0.2) is 0 Å². The van der Waals surface area contributed by atoms with Crippen molar-refractivity contribution in [3.8, 4) is 0 Å². The Hall–Kier alpha value is -2.59. The molecule has 0 aliphatic carbocycles. The Bertz CT molecular complexity index is 785. The predicted octanol–water partition coefficient (Wildman–Crippen LogP) is 3.97. The van der Waals surface area contributed by atoms with Crippen LogP contribution in [0.1, 0.15) is 17.5 Å². The Labute approximate surface area is 139 Å². The normalized spacial score (nSPS) is 15.9. The van der Waals surface area contributed by atoms with Crippen LogP contribution in [0.25, 0.3) is 6.08 Å². The molecule has 1 heterocycles. The monoisotopic (exact) mass is 326 g/mol. The number of amides is 1. The number of anilines is 1. The van der Waals surface area contributed by atoms with E-state index in [1.54, 1.807) is 35.3 Å². The van der Waals surface area contributed by atoms with Crippen LogP contribution in [0.3, 0.4) is 0 Å². The first-order valence-corrected chi connectivity index (χ1v) is 7.62. The third-order valence-corrected chi connectivity index (χ3v) is 3.97. The van der Waals surface area contributed by atoms with Gasteiger partial charge in [-0.15, -0.1) is 0 Å². The first-order valence-electron chi connectivity index (χ1n) is 7.24. The average Bonchev–Trinajstić information content (AvgIpc) is 2.59. The molecule has 2 aromatic rings. The topological polar surface area (TPSA) is 52.9 Å².